The molecule has 3 rings (SSSR count). The topological polar surface area (TPSA) is 28.6 Å². The van der Waals surface area contributed by atoms with Crippen LogP contribution in [0.1, 0.15) is 30.2 Å². The molecule has 2 aromatic rings. The first kappa shape index (κ1) is 19.9. The van der Waals surface area contributed by atoms with Crippen LogP contribution in [0.15, 0.2) is 24.4 Å². The van der Waals surface area contributed by atoms with Crippen LogP contribution < -0.4 is 4.74 Å². The number of rotatable bonds is 7. The van der Waals surface area contributed by atoms with Crippen molar-refractivity contribution in [2.45, 2.75) is 38.9 Å². The van der Waals surface area contributed by atoms with Crippen LogP contribution in [-0.2, 0) is 13.1 Å². The van der Waals surface area contributed by atoms with E-state index in [1.54, 1.807) is 11.3 Å². The fourth-order valence-electron chi connectivity index (χ4n) is 3.35. The maximum absolute atomic E-state index is 6.32. The van der Waals surface area contributed by atoms with Crippen LogP contribution in [0, 0.1) is 0 Å². The van der Waals surface area contributed by atoms with Crippen LogP contribution in [0.4, 0.5) is 0 Å². The lowest BCUT2D eigenvalue weighted by Gasteiger charge is -2.36. The second kappa shape index (κ2) is 9.38. The van der Waals surface area contributed by atoms with E-state index in [-0.39, 0.29) is 0 Å². The Hall–Kier alpha value is -0.850. The summed E-state index contributed by atoms with van der Waals surface area (Å²) in [6, 6.07) is 6.26. The van der Waals surface area contributed by atoms with Crippen LogP contribution in [0.2, 0.25) is 10.0 Å². The van der Waals surface area contributed by atoms with E-state index < -0.39 is 0 Å². The number of piperidine rings is 1. The Balaban J connectivity index is 1.49. The summed E-state index contributed by atoms with van der Waals surface area (Å²) in [4.78, 5) is 10.5. The van der Waals surface area contributed by atoms with Crippen LogP contribution >= 0.6 is 34.5 Å². The molecule has 142 valence electrons. The zero-order valence-corrected chi connectivity index (χ0v) is 17.6. The van der Waals surface area contributed by atoms with Gasteiger partial charge in [0.15, 0.2) is 0 Å². The monoisotopic (exact) mass is 413 g/mol. The van der Waals surface area contributed by atoms with Crippen molar-refractivity contribution in [1.82, 2.24) is 14.8 Å². The van der Waals surface area contributed by atoms with E-state index in [1.807, 2.05) is 31.3 Å². The average molecular weight is 414 g/mol. The number of hydrogen-bond acceptors (Lipinski definition) is 5. The van der Waals surface area contributed by atoms with Gasteiger partial charge < -0.3 is 4.74 Å². The molecule has 26 heavy (non-hydrogen) atoms. The van der Waals surface area contributed by atoms with Gasteiger partial charge in [-0.3, -0.25) is 9.80 Å². The predicted molar refractivity (Wildman–Crippen MR) is 110 cm³/mol. The number of likely N-dealkylation sites (tertiary alicyclic amines) is 1. The molecular weight excluding hydrogens is 389 g/mol. The van der Waals surface area contributed by atoms with Gasteiger partial charge in [-0.1, -0.05) is 40.6 Å². The molecule has 1 aliphatic rings. The highest BCUT2D eigenvalue weighted by atomic mass is 35.5. The number of hydrogen-bond donors (Lipinski definition) is 0. The lowest BCUT2D eigenvalue weighted by atomic mass is 10.0. The Labute approximate surface area is 169 Å². The molecule has 4 nitrogen and oxygen atoms in total. The van der Waals surface area contributed by atoms with Gasteiger partial charge in [0, 0.05) is 58.9 Å². The number of nitrogens with zero attached hydrogens (tertiary/aromatic N) is 3. The summed E-state index contributed by atoms with van der Waals surface area (Å²) in [7, 11) is 2.16. The third-order valence-electron chi connectivity index (χ3n) is 4.83. The molecule has 0 spiro atoms. The van der Waals surface area contributed by atoms with E-state index in [2.05, 4.69) is 21.8 Å². The van der Waals surface area contributed by atoms with Gasteiger partial charge in [0.2, 0.25) is 0 Å². The highest BCUT2D eigenvalue weighted by molar-refractivity contribution is 7.13. The largest absolute Gasteiger partial charge is 0.470 e. The van der Waals surface area contributed by atoms with Gasteiger partial charge in [-0.25, -0.2) is 4.98 Å². The van der Waals surface area contributed by atoms with E-state index in [0.717, 1.165) is 59.8 Å². The minimum Gasteiger partial charge on any atom is -0.470 e. The highest BCUT2D eigenvalue weighted by Gasteiger charge is 2.24. The molecule has 2 heterocycles. The first-order chi connectivity index (χ1) is 12.6. The van der Waals surface area contributed by atoms with Crippen LogP contribution in [0.3, 0.4) is 0 Å². The van der Waals surface area contributed by atoms with Gasteiger partial charge in [-0.15, -0.1) is 0 Å². The van der Waals surface area contributed by atoms with E-state index in [1.165, 1.54) is 4.88 Å². The van der Waals surface area contributed by atoms with Gasteiger partial charge >= 0.3 is 0 Å². The second-order valence-corrected chi connectivity index (χ2v) is 8.54. The molecule has 1 aromatic carbocycles. The van der Waals surface area contributed by atoms with Crippen molar-refractivity contribution in [1.29, 1.82) is 0 Å². The Bertz CT molecular complexity index is 696. The van der Waals surface area contributed by atoms with Gasteiger partial charge in [-0.05, 0) is 38.9 Å². The molecule has 1 aliphatic heterocycles. The Morgan fingerprint density at radius 3 is 2.62 bits per heavy atom. The Kier molecular flexibility index (Phi) is 7.18. The summed E-state index contributed by atoms with van der Waals surface area (Å²) in [6.07, 6.45) is 4.23. The number of benzene rings is 1. The molecule has 0 radical (unpaired) electrons. The van der Waals surface area contributed by atoms with Crippen molar-refractivity contribution >= 4 is 34.5 Å². The smallest absolute Gasteiger partial charge is 0.273 e. The molecule has 1 aromatic heterocycles. The fraction of sp³-hybridized carbons (Fsp3) is 0.526. The van der Waals surface area contributed by atoms with Crippen molar-refractivity contribution in [2.24, 2.45) is 0 Å². The summed E-state index contributed by atoms with van der Waals surface area (Å²) >= 11 is 14.3. The van der Waals surface area contributed by atoms with E-state index in [4.69, 9.17) is 27.9 Å². The predicted octanol–water partition coefficient (Wildman–Crippen LogP) is 4.95. The summed E-state index contributed by atoms with van der Waals surface area (Å²) in [5, 5.41) is 2.27. The third-order valence-corrected chi connectivity index (χ3v) is 6.43. The fourth-order valence-corrected chi connectivity index (χ4v) is 4.73. The summed E-state index contributed by atoms with van der Waals surface area (Å²) in [5.41, 5.74) is 1.02. The normalized spacial score (nSPS) is 16.3. The minimum absolute atomic E-state index is 0.555. The van der Waals surface area contributed by atoms with Gasteiger partial charge in [0.1, 0.15) is 0 Å². The molecule has 1 fully saturated rings. The molecule has 0 N–H and O–H groups in total. The number of thiazole rings is 1. The lowest BCUT2D eigenvalue weighted by molar-refractivity contribution is 0.120. The first-order valence-electron chi connectivity index (χ1n) is 8.99. The zero-order chi connectivity index (χ0) is 18.5. The number of halogens is 2. The maximum Gasteiger partial charge on any atom is 0.273 e. The third kappa shape index (κ3) is 5.11. The summed E-state index contributed by atoms with van der Waals surface area (Å²) in [5.74, 6) is 0. The van der Waals surface area contributed by atoms with Gasteiger partial charge in [-0.2, -0.15) is 0 Å². The molecule has 0 aliphatic carbocycles. The molecule has 0 saturated carbocycles. The zero-order valence-electron chi connectivity index (χ0n) is 15.3. The quantitative estimate of drug-likeness (QED) is 0.641. The van der Waals surface area contributed by atoms with E-state index in [9.17, 15) is 0 Å². The van der Waals surface area contributed by atoms with Crippen molar-refractivity contribution in [2.75, 3.05) is 26.7 Å². The van der Waals surface area contributed by atoms with E-state index in [0.29, 0.717) is 12.6 Å². The van der Waals surface area contributed by atoms with Crippen molar-refractivity contribution in [3.63, 3.8) is 0 Å². The summed E-state index contributed by atoms with van der Waals surface area (Å²) < 4.78 is 5.46. The molecular formula is C19H25Cl2N3OS. The van der Waals surface area contributed by atoms with Crippen molar-refractivity contribution in [3.8, 4) is 5.19 Å². The molecule has 0 amide bonds. The lowest BCUT2D eigenvalue weighted by Crippen LogP contribution is -2.42. The average Bonchev–Trinajstić information content (AvgIpc) is 3.06. The molecule has 0 bridgehead atoms. The Morgan fingerprint density at radius 2 is 1.96 bits per heavy atom. The standard InChI is InChI=1S/C19H25Cl2N3OS/c1-3-25-19-22-11-15(26-19)12-24-9-7-14(8-10-24)23(2)13-16-17(20)5-4-6-18(16)21/h4-6,11,14H,3,7-10,12-13H2,1-2H3. The highest BCUT2D eigenvalue weighted by Crippen LogP contribution is 2.28. The molecule has 0 atom stereocenters. The van der Waals surface area contributed by atoms with Gasteiger partial charge in [0.05, 0.1) is 6.61 Å². The van der Waals surface area contributed by atoms with Crippen LogP contribution in [0.25, 0.3) is 0 Å². The van der Waals surface area contributed by atoms with Crippen LogP contribution in [0.5, 0.6) is 5.19 Å². The van der Waals surface area contributed by atoms with Gasteiger partial charge in [0.25, 0.3) is 5.19 Å². The Morgan fingerprint density at radius 1 is 1.27 bits per heavy atom. The second-order valence-electron chi connectivity index (χ2n) is 6.65. The maximum atomic E-state index is 6.32. The molecule has 7 heteroatoms. The van der Waals surface area contributed by atoms with E-state index >= 15 is 0 Å². The molecule has 0 unspecified atom stereocenters. The van der Waals surface area contributed by atoms with Crippen molar-refractivity contribution in [3.05, 3.63) is 44.9 Å². The minimum atomic E-state index is 0.555. The van der Waals surface area contributed by atoms with Crippen LogP contribution in [-0.4, -0.2) is 47.6 Å². The number of aromatic nitrogens is 1. The SMILES string of the molecule is CCOc1ncc(CN2CCC(N(C)Cc3c(Cl)cccc3Cl)CC2)s1. The first-order valence-corrected chi connectivity index (χ1v) is 10.6. The van der Waals surface area contributed by atoms with Crippen molar-refractivity contribution < 1.29 is 4.74 Å². The molecule has 1 saturated heterocycles. The number of ether oxygens (including phenoxy) is 1. The summed E-state index contributed by atoms with van der Waals surface area (Å²) in [6.45, 7) is 6.58.